The second kappa shape index (κ2) is 7.16. The Morgan fingerprint density at radius 3 is 2.79 bits per heavy atom. The Hall–Kier alpha value is -2.83. The number of fused-ring (bicyclic) bond motifs is 1. The molecule has 3 heterocycles. The van der Waals surface area contributed by atoms with Crippen molar-refractivity contribution in [2.24, 2.45) is 0 Å². The molecule has 2 N–H and O–H groups in total. The number of aromatic nitrogens is 4. The minimum atomic E-state index is -0.221. The van der Waals surface area contributed by atoms with Crippen molar-refractivity contribution < 1.29 is 4.79 Å². The maximum Gasteiger partial charge on any atom is 0.320 e. The number of pyridine rings is 1. The Bertz CT molecular complexity index is 784. The Labute approximate surface area is 140 Å². The fourth-order valence-corrected chi connectivity index (χ4v) is 2.58. The minimum absolute atomic E-state index is 0.185. The molecule has 24 heavy (non-hydrogen) atoms. The number of nitrogens with zero attached hydrogens (tertiary/aromatic N) is 4. The van der Waals surface area contributed by atoms with Gasteiger partial charge in [0.1, 0.15) is 5.65 Å². The molecule has 0 aromatic carbocycles. The highest BCUT2D eigenvalue weighted by molar-refractivity contribution is 5.88. The third-order valence-electron chi connectivity index (χ3n) is 3.94. The molecule has 0 spiro atoms. The molecular weight excluding hydrogens is 304 g/mol. The molecule has 0 aliphatic heterocycles. The highest BCUT2D eigenvalue weighted by Gasteiger charge is 2.10. The number of anilines is 1. The van der Waals surface area contributed by atoms with Crippen molar-refractivity contribution in [3.8, 4) is 0 Å². The van der Waals surface area contributed by atoms with Gasteiger partial charge in [-0.2, -0.15) is 5.10 Å². The summed E-state index contributed by atoms with van der Waals surface area (Å²) in [6, 6.07) is 7.63. The van der Waals surface area contributed by atoms with Crippen molar-refractivity contribution in [3.05, 3.63) is 48.5 Å². The van der Waals surface area contributed by atoms with Gasteiger partial charge in [-0.1, -0.05) is 19.9 Å². The van der Waals surface area contributed by atoms with Gasteiger partial charge in [-0.05, 0) is 25.0 Å². The first-order valence-electron chi connectivity index (χ1n) is 8.21. The smallest absolute Gasteiger partial charge is 0.320 e. The average molecular weight is 326 g/mol. The number of hydrogen-bond donors (Lipinski definition) is 2. The van der Waals surface area contributed by atoms with Crippen molar-refractivity contribution in [1.82, 2.24) is 24.5 Å². The van der Waals surface area contributed by atoms with E-state index in [0.717, 1.165) is 24.2 Å². The number of rotatable bonds is 6. The average Bonchev–Trinajstić information content (AvgIpc) is 3.18. The van der Waals surface area contributed by atoms with Crippen LogP contribution in [0, 0.1) is 0 Å². The van der Waals surface area contributed by atoms with Gasteiger partial charge in [-0.3, -0.25) is 10.00 Å². The SMILES string of the molecule is CCC(CC)NC(=O)Nc1ccn(Cc2cn3ccccc3n2)n1. The standard InChI is InChI=1S/C17H22N6O/c1-3-13(4-2)19-17(24)20-15-8-10-23(21-15)12-14-11-22-9-6-5-7-16(22)18-14/h5-11,13H,3-4,12H2,1-2H3,(H2,19,20,21,24). The number of carbonyl (C=O) groups excluding carboxylic acids is 1. The lowest BCUT2D eigenvalue weighted by Crippen LogP contribution is -2.37. The van der Waals surface area contributed by atoms with Crippen molar-refractivity contribution >= 4 is 17.5 Å². The quantitative estimate of drug-likeness (QED) is 0.731. The van der Waals surface area contributed by atoms with Gasteiger partial charge in [-0.25, -0.2) is 9.78 Å². The second-order valence-electron chi connectivity index (χ2n) is 5.71. The fourth-order valence-electron chi connectivity index (χ4n) is 2.58. The molecule has 7 heteroatoms. The Kier molecular flexibility index (Phi) is 4.79. The van der Waals surface area contributed by atoms with Crippen molar-refractivity contribution in [2.45, 2.75) is 39.3 Å². The fraction of sp³-hybridized carbons (Fsp3) is 0.353. The third kappa shape index (κ3) is 3.73. The lowest BCUT2D eigenvalue weighted by atomic mass is 10.2. The molecule has 3 rings (SSSR count). The summed E-state index contributed by atoms with van der Waals surface area (Å²) in [5, 5.41) is 10.1. The van der Waals surface area contributed by atoms with Gasteiger partial charge in [-0.15, -0.1) is 0 Å². The van der Waals surface area contributed by atoms with E-state index in [2.05, 4.69) is 34.6 Å². The van der Waals surface area contributed by atoms with E-state index >= 15 is 0 Å². The Morgan fingerprint density at radius 1 is 1.21 bits per heavy atom. The lowest BCUT2D eigenvalue weighted by molar-refractivity contribution is 0.247. The van der Waals surface area contributed by atoms with Gasteiger partial charge in [0, 0.05) is 30.7 Å². The van der Waals surface area contributed by atoms with Gasteiger partial charge in [0.15, 0.2) is 5.82 Å². The first kappa shape index (κ1) is 16.0. The van der Waals surface area contributed by atoms with E-state index in [1.165, 1.54) is 0 Å². The van der Waals surface area contributed by atoms with E-state index in [9.17, 15) is 4.79 Å². The Morgan fingerprint density at radius 2 is 2.04 bits per heavy atom. The summed E-state index contributed by atoms with van der Waals surface area (Å²) in [4.78, 5) is 16.5. The van der Waals surface area contributed by atoms with Crippen LogP contribution in [0.4, 0.5) is 10.6 Å². The maximum absolute atomic E-state index is 11.9. The highest BCUT2D eigenvalue weighted by atomic mass is 16.2. The highest BCUT2D eigenvalue weighted by Crippen LogP contribution is 2.08. The molecule has 2 amide bonds. The molecule has 0 unspecified atom stereocenters. The molecular formula is C17H22N6O. The van der Waals surface area contributed by atoms with E-state index in [4.69, 9.17) is 0 Å². The van der Waals surface area contributed by atoms with Crippen LogP contribution in [-0.4, -0.2) is 31.2 Å². The van der Waals surface area contributed by atoms with Crippen molar-refractivity contribution in [2.75, 3.05) is 5.32 Å². The molecule has 0 aliphatic rings. The summed E-state index contributed by atoms with van der Waals surface area (Å²) >= 11 is 0. The number of hydrogen-bond acceptors (Lipinski definition) is 3. The summed E-state index contributed by atoms with van der Waals surface area (Å²) < 4.78 is 3.73. The summed E-state index contributed by atoms with van der Waals surface area (Å²) in [5.74, 6) is 0.530. The largest absolute Gasteiger partial charge is 0.335 e. The topological polar surface area (TPSA) is 76.2 Å². The number of amides is 2. The van der Waals surface area contributed by atoms with Crippen molar-refractivity contribution in [1.29, 1.82) is 0 Å². The van der Waals surface area contributed by atoms with Crippen LogP contribution < -0.4 is 10.6 Å². The molecule has 0 fully saturated rings. The van der Waals surface area contributed by atoms with Crippen LogP contribution in [0.1, 0.15) is 32.4 Å². The van der Waals surface area contributed by atoms with E-state index in [0.29, 0.717) is 12.4 Å². The van der Waals surface area contributed by atoms with Gasteiger partial charge < -0.3 is 9.72 Å². The summed E-state index contributed by atoms with van der Waals surface area (Å²) in [7, 11) is 0. The molecule has 0 atom stereocenters. The first-order chi connectivity index (χ1) is 11.7. The number of carbonyl (C=O) groups is 1. The molecule has 3 aromatic heterocycles. The van der Waals surface area contributed by atoms with Gasteiger partial charge in [0.2, 0.25) is 0 Å². The predicted molar refractivity (Wildman–Crippen MR) is 93.0 cm³/mol. The van der Waals surface area contributed by atoms with E-state index in [1.54, 1.807) is 10.7 Å². The zero-order chi connectivity index (χ0) is 16.9. The summed E-state index contributed by atoms with van der Waals surface area (Å²) in [6.45, 7) is 4.66. The first-order valence-corrected chi connectivity index (χ1v) is 8.21. The molecule has 0 aliphatic carbocycles. The van der Waals surface area contributed by atoms with Crippen LogP contribution in [0.2, 0.25) is 0 Å². The van der Waals surface area contributed by atoms with Crippen molar-refractivity contribution in [3.63, 3.8) is 0 Å². The molecule has 0 bridgehead atoms. The zero-order valence-electron chi connectivity index (χ0n) is 13.9. The van der Waals surface area contributed by atoms with Crippen LogP contribution in [-0.2, 0) is 6.54 Å². The Balaban J connectivity index is 1.62. The lowest BCUT2D eigenvalue weighted by Gasteiger charge is -2.14. The second-order valence-corrected chi connectivity index (χ2v) is 5.71. The minimum Gasteiger partial charge on any atom is -0.335 e. The van der Waals surface area contributed by atoms with Gasteiger partial charge in [0.05, 0.1) is 12.2 Å². The third-order valence-corrected chi connectivity index (χ3v) is 3.94. The van der Waals surface area contributed by atoms with E-state index in [1.807, 2.05) is 41.2 Å². The molecule has 0 saturated heterocycles. The maximum atomic E-state index is 11.9. The van der Waals surface area contributed by atoms with Gasteiger partial charge in [0.25, 0.3) is 0 Å². The van der Waals surface area contributed by atoms with Crippen LogP contribution in [0.5, 0.6) is 0 Å². The number of urea groups is 1. The number of nitrogens with one attached hydrogen (secondary N) is 2. The van der Waals surface area contributed by atoms with Gasteiger partial charge >= 0.3 is 6.03 Å². The molecule has 0 saturated carbocycles. The summed E-state index contributed by atoms with van der Waals surface area (Å²) in [6.07, 6.45) is 7.59. The van der Waals surface area contributed by atoms with Crippen LogP contribution in [0.3, 0.4) is 0 Å². The number of imidazole rings is 1. The van der Waals surface area contributed by atoms with E-state index < -0.39 is 0 Å². The zero-order valence-corrected chi connectivity index (χ0v) is 13.9. The molecule has 126 valence electrons. The molecule has 7 nitrogen and oxygen atoms in total. The van der Waals surface area contributed by atoms with Crippen LogP contribution in [0.25, 0.3) is 5.65 Å². The molecule has 3 aromatic rings. The van der Waals surface area contributed by atoms with E-state index in [-0.39, 0.29) is 12.1 Å². The van der Waals surface area contributed by atoms with Crippen LogP contribution in [0.15, 0.2) is 42.9 Å². The monoisotopic (exact) mass is 326 g/mol. The molecule has 0 radical (unpaired) electrons. The summed E-state index contributed by atoms with van der Waals surface area (Å²) in [5.41, 5.74) is 1.82. The normalized spacial score (nSPS) is 11.1. The van der Waals surface area contributed by atoms with Crippen LogP contribution >= 0.6 is 0 Å². The predicted octanol–water partition coefficient (Wildman–Crippen LogP) is 2.89.